The fourth-order valence-electron chi connectivity index (χ4n) is 4.56. The van der Waals surface area contributed by atoms with E-state index in [0.717, 1.165) is 30.3 Å². The highest BCUT2D eigenvalue weighted by molar-refractivity contribution is 7.31. The Morgan fingerprint density at radius 1 is 1.10 bits per heavy atom. The summed E-state index contributed by atoms with van der Waals surface area (Å²) in [6.45, 7) is 1.81. The molecule has 0 bridgehead atoms. The third-order valence-corrected chi connectivity index (χ3v) is 9.30. The number of thiophene rings is 2. The molecule has 1 amide bonds. The average Bonchev–Trinajstić information content (AvgIpc) is 3.31. The second-order valence-electron chi connectivity index (χ2n) is 9.51. The van der Waals surface area contributed by atoms with Crippen LogP contribution >= 0.6 is 22.7 Å². The summed E-state index contributed by atoms with van der Waals surface area (Å²) in [5.41, 5.74) is 1.08. The number of hydrogen-bond donors (Lipinski definition) is 2. The lowest BCUT2D eigenvalue weighted by Gasteiger charge is -2.14. The molecule has 198 valence electrons. The number of fused-ring (bicyclic) bond motifs is 1. The van der Waals surface area contributed by atoms with Crippen LogP contribution in [0.4, 0.5) is 15.0 Å². The molecule has 0 saturated heterocycles. The Kier molecular flexibility index (Phi) is 6.19. The van der Waals surface area contributed by atoms with Crippen LogP contribution in [0.25, 0.3) is 30.3 Å². The second kappa shape index (κ2) is 9.58. The van der Waals surface area contributed by atoms with Crippen LogP contribution in [0, 0.1) is 5.82 Å². The third kappa shape index (κ3) is 4.57. The van der Waals surface area contributed by atoms with Gasteiger partial charge in [-0.3, -0.25) is 19.8 Å². The molecule has 1 aliphatic rings. The Bertz CT molecular complexity index is 1690. The van der Waals surface area contributed by atoms with Crippen LogP contribution in [0.2, 0.25) is 0 Å². The molecule has 4 heterocycles. The van der Waals surface area contributed by atoms with Gasteiger partial charge in [-0.25, -0.2) is 9.18 Å². The van der Waals surface area contributed by atoms with Crippen LogP contribution < -0.4 is 5.32 Å². The lowest BCUT2D eigenvalue weighted by molar-refractivity contribution is -0.140. The van der Waals surface area contributed by atoms with E-state index in [2.05, 4.69) is 15.4 Å². The van der Waals surface area contributed by atoms with Crippen molar-refractivity contribution in [2.45, 2.75) is 31.3 Å². The largest absolute Gasteiger partial charge is 0.481 e. The van der Waals surface area contributed by atoms with E-state index in [-0.39, 0.29) is 5.69 Å². The fourth-order valence-corrected chi connectivity index (χ4v) is 6.95. The van der Waals surface area contributed by atoms with E-state index in [1.807, 2.05) is 49.4 Å². The van der Waals surface area contributed by atoms with E-state index >= 15 is 0 Å². The van der Waals surface area contributed by atoms with Gasteiger partial charge in [0.05, 0.1) is 17.5 Å². The topological polar surface area (TPSA) is 106 Å². The van der Waals surface area contributed by atoms with Crippen LogP contribution in [0.3, 0.4) is 0 Å². The SMILES string of the molecule is C[C@@H](OC(=O)Nc1c(-c2cc3sc(-c4cnc(C5(C(=O)O)CC5)c(F)c4)cc3s2)cnn1C)c1ccccc1. The molecule has 1 aromatic carbocycles. The molecule has 11 heteroatoms. The molecular weight excluding hydrogens is 539 g/mol. The molecule has 2 N–H and O–H groups in total. The van der Waals surface area contributed by atoms with E-state index in [1.165, 1.54) is 28.7 Å². The van der Waals surface area contributed by atoms with E-state index in [1.54, 1.807) is 24.1 Å². The van der Waals surface area contributed by atoms with Gasteiger partial charge in [0, 0.05) is 38.0 Å². The van der Waals surface area contributed by atoms with Crippen molar-refractivity contribution in [1.29, 1.82) is 0 Å². The average molecular weight is 563 g/mol. The van der Waals surface area contributed by atoms with Gasteiger partial charge in [0.25, 0.3) is 0 Å². The minimum Gasteiger partial charge on any atom is -0.481 e. The Labute approximate surface area is 230 Å². The molecule has 1 aliphatic carbocycles. The number of carbonyl (C=O) groups is 2. The monoisotopic (exact) mass is 562 g/mol. The first-order valence-electron chi connectivity index (χ1n) is 12.2. The molecule has 0 spiro atoms. The summed E-state index contributed by atoms with van der Waals surface area (Å²) in [6.07, 6.45) is 3.05. The number of hydrogen-bond acceptors (Lipinski definition) is 7. The molecule has 1 saturated carbocycles. The molecular formula is C28H23FN4O4S2. The van der Waals surface area contributed by atoms with Gasteiger partial charge in [-0.05, 0) is 43.5 Å². The minimum absolute atomic E-state index is 0.00713. The van der Waals surface area contributed by atoms with Crippen molar-refractivity contribution in [2.75, 3.05) is 5.32 Å². The maximum absolute atomic E-state index is 14.9. The predicted octanol–water partition coefficient (Wildman–Crippen LogP) is 6.99. The van der Waals surface area contributed by atoms with Gasteiger partial charge in [-0.1, -0.05) is 30.3 Å². The van der Waals surface area contributed by atoms with E-state index in [9.17, 15) is 19.1 Å². The maximum Gasteiger partial charge on any atom is 0.413 e. The zero-order valence-electron chi connectivity index (χ0n) is 21.0. The number of aromatic nitrogens is 3. The van der Waals surface area contributed by atoms with Gasteiger partial charge in [0.2, 0.25) is 0 Å². The summed E-state index contributed by atoms with van der Waals surface area (Å²) in [5.74, 6) is -1.11. The van der Waals surface area contributed by atoms with Crippen molar-refractivity contribution in [3.8, 4) is 20.9 Å². The second-order valence-corrected chi connectivity index (χ2v) is 11.7. The lowest BCUT2D eigenvalue weighted by atomic mass is 10.0. The van der Waals surface area contributed by atoms with Crippen LogP contribution in [-0.4, -0.2) is 31.9 Å². The number of pyridine rings is 1. The predicted molar refractivity (Wildman–Crippen MR) is 149 cm³/mol. The fraction of sp³-hybridized carbons (Fsp3) is 0.214. The standard InChI is InChI=1S/C28H23FN4O4S2/c1-15(16-6-4-3-5-7-16)37-27(36)32-25-18(14-31-33(25)2)21-12-23-22(39-21)11-20(38-23)17-10-19(29)24(30-13-17)28(8-9-28)26(34)35/h3-7,10-15H,8-9H2,1-2H3,(H,32,36)(H,34,35)/t15-/m1/s1. The van der Waals surface area contributed by atoms with E-state index < -0.39 is 29.4 Å². The normalized spacial score (nSPS) is 14.7. The Morgan fingerprint density at radius 2 is 1.79 bits per heavy atom. The molecule has 1 atom stereocenters. The Morgan fingerprint density at radius 3 is 2.46 bits per heavy atom. The first kappa shape index (κ1) is 25.2. The molecule has 0 radical (unpaired) electrons. The molecule has 5 aromatic rings. The number of carboxylic acids is 1. The van der Waals surface area contributed by atoms with E-state index in [0.29, 0.717) is 24.2 Å². The van der Waals surface area contributed by atoms with Gasteiger partial charge in [-0.15, -0.1) is 22.7 Å². The van der Waals surface area contributed by atoms with Crippen LogP contribution in [0.5, 0.6) is 0 Å². The summed E-state index contributed by atoms with van der Waals surface area (Å²) < 4.78 is 24.0. The van der Waals surface area contributed by atoms with Gasteiger partial charge in [-0.2, -0.15) is 5.10 Å². The quantitative estimate of drug-likeness (QED) is 0.221. The van der Waals surface area contributed by atoms with Gasteiger partial charge in [0.1, 0.15) is 23.2 Å². The highest BCUT2D eigenvalue weighted by Gasteiger charge is 2.54. The van der Waals surface area contributed by atoms with Crippen molar-refractivity contribution in [3.05, 3.63) is 78.0 Å². The molecule has 39 heavy (non-hydrogen) atoms. The van der Waals surface area contributed by atoms with Crippen molar-refractivity contribution in [2.24, 2.45) is 7.05 Å². The molecule has 6 rings (SSSR count). The Balaban J connectivity index is 1.22. The molecule has 4 aromatic heterocycles. The zero-order valence-corrected chi connectivity index (χ0v) is 22.6. The number of benzene rings is 1. The Hall–Kier alpha value is -4.09. The number of aliphatic carboxylic acids is 1. The van der Waals surface area contributed by atoms with E-state index in [4.69, 9.17) is 4.74 Å². The number of aryl methyl sites for hydroxylation is 1. The van der Waals surface area contributed by atoms with Crippen molar-refractivity contribution >= 4 is 50.0 Å². The first-order valence-corrected chi connectivity index (χ1v) is 13.9. The van der Waals surface area contributed by atoms with Crippen LogP contribution in [0.1, 0.15) is 37.1 Å². The number of amides is 1. The summed E-state index contributed by atoms with van der Waals surface area (Å²) in [4.78, 5) is 30.2. The minimum atomic E-state index is -1.19. The maximum atomic E-state index is 14.9. The lowest BCUT2D eigenvalue weighted by Crippen LogP contribution is -2.22. The number of anilines is 1. The number of halogens is 1. The smallest absolute Gasteiger partial charge is 0.413 e. The van der Waals surface area contributed by atoms with Gasteiger partial charge >= 0.3 is 12.1 Å². The van der Waals surface area contributed by atoms with Crippen molar-refractivity contribution in [1.82, 2.24) is 14.8 Å². The number of nitrogens with one attached hydrogen (secondary N) is 1. The summed E-state index contributed by atoms with van der Waals surface area (Å²) in [6, 6.07) is 14.8. The molecule has 1 fully saturated rings. The summed E-state index contributed by atoms with van der Waals surface area (Å²) in [5, 5.41) is 16.6. The number of ether oxygens (including phenoxy) is 1. The number of rotatable bonds is 7. The summed E-state index contributed by atoms with van der Waals surface area (Å²) in [7, 11) is 1.75. The molecule has 0 aliphatic heterocycles. The highest BCUT2D eigenvalue weighted by atomic mass is 32.1. The van der Waals surface area contributed by atoms with Gasteiger partial charge in [0.15, 0.2) is 0 Å². The number of carbonyl (C=O) groups excluding carboxylic acids is 1. The molecule has 8 nitrogen and oxygen atoms in total. The number of nitrogens with zero attached hydrogens (tertiary/aromatic N) is 3. The molecule has 0 unspecified atom stereocenters. The van der Waals surface area contributed by atoms with Crippen LogP contribution in [-0.2, 0) is 22.0 Å². The van der Waals surface area contributed by atoms with Crippen molar-refractivity contribution in [3.63, 3.8) is 0 Å². The highest BCUT2D eigenvalue weighted by Crippen LogP contribution is 2.49. The third-order valence-electron chi connectivity index (χ3n) is 6.92. The summed E-state index contributed by atoms with van der Waals surface area (Å²) >= 11 is 3.02. The first-order chi connectivity index (χ1) is 18.7. The van der Waals surface area contributed by atoms with Crippen molar-refractivity contribution < 1.29 is 23.8 Å². The number of carboxylic acid groups (broad SMARTS) is 1. The van der Waals surface area contributed by atoms with Crippen LogP contribution in [0.15, 0.2) is 60.9 Å². The zero-order chi connectivity index (χ0) is 27.3. The van der Waals surface area contributed by atoms with Gasteiger partial charge < -0.3 is 9.84 Å².